The van der Waals surface area contributed by atoms with E-state index in [0.717, 1.165) is 12.2 Å². The summed E-state index contributed by atoms with van der Waals surface area (Å²) in [5, 5.41) is 7.45. The predicted octanol–water partition coefficient (Wildman–Crippen LogP) is 1.92. The van der Waals surface area contributed by atoms with E-state index >= 15 is 0 Å². The first-order chi connectivity index (χ1) is 9.13. The van der Waals surface area contributed by atoms with Crippen molar-refractivity contribution in [2.75, 3.05) is 25.0 Å². The van der Waals surface area contributed by atoms with E-state index in [1.807, 2.05) is 6.92 Å². The average Bonchev–Trinajstić information content (AvgIpc) is 2.94. The Morgan fingerprint density at radius 1 is 1.47 bits per heavy atom. The molecule has 1 saturated heterocycles. The van der Waals surface area contributed by atoms with Gasteiger partial charge in [-0.25, -0.2) is 4.68 Å². The summed E-state index contributed by atoms with van der Waals surface area (Å²) in [6.45, 7) is 7.90. The Hall–Kier alpha value is -0.880. The molecule has 1 aliphatic heterocycles. The summed E-state index contributed by atoms with van der Waals surface area (Å²) in [7, 11) is 0. The molecule has 0 aromatic carbocycles. The molecule has 2 rings (SSSR count). The Balaban J connectivity index is 1.99. The summed E-state index contributed by atoms with van der Waals surface area (Å²) in [4.78, 5) is 14.4. The van der Waals surface area contributed by atoms with E-state index < -0.39 is 0 Å². The molecule has 1 aliphatic rings. The maximum Gasteiger partial charge on any atom is 0.283 e. The first-order valence-corrected chi connectivity index (χ1v) is 7.66. The second-order valence-electron chi connectivity index (χ2n) is 4.97. The molecule has 1 unspecified atom stereocenters. The maximum atomic E-state index is 11.9. The SMILES string of the molecule is CCn1ncc(NCC(C)N2CCCC2)c(Br)c1=O. The van der Waals surface area contributed by atoms with Crippen LogP contribution in [-0.4, -0.2) is 40.4 Å². The third-order valence-electron chi connectivity index (χ3n) is 3.64. The highest BCUT2D eigenvalue weighted by Crippen LogP contribution is 2.17. The Labute approximate surface area is 122 Å². The highest BCUT2D eigenvalue weighted by Gasteiger charge is 2.18. The molecule has 106 valence electrons. The lowest BCUT2D eigenvalue weighted by molar-refractivity contribution is 0.269. The van der Waals surface area contributed by atoms with E-state index in [-0.39, 0.29) is 5.56 Å². The summed E-state index contributed by atoms with van der Waals surface area (Å²) in [5.41, 5.74) is 0.696. The van der Waals surface area contributed by atoms with E-state index in [1.54, 1.807) is 6.20 Å². The summed E-state index contributed by atoms with van der Waals surface area (Å²) in [6, 6.07) is 0.475. The average molecular weight is 329 g/mol. The third-order valence-corrected chi connectivity index (χ3v) is 4.40. The molecule has 19 heavy (non-hydrogen) atoms. The lowest BCUT2D eigenvalue weighted by atomic mass is 10.3. The van der Waals surface area contributed by atoms with Crippen molar-refractivity contribution in [1.82, 2.24) is 14.7 Å². The van der Waals surface area contributed by atoms with Crippen LogP contribution in [-0.2, 0) is 6.54 Å². The predicted molar refractivity (Wildman–Crippen MR) is 80.6 cm³/mol. The molecule has 5 nitrogen and oxygen atoms in total. The Kier molecular flexibility index (Phi) is 4.99. The number of rotatable bonds is 5. The smallest absolute Gasteiger partial charge is 0.283 e. The molecule has 0 saturated carbocycles. The van der Waals surface area contributed by atoms with Crippen molar-refractivity contribution in [2.45, 2.75) is 39.3 Å². The van der Waals surface area contributed by atoms with Crippen LogP contribution in [0.15, 0.2) is 15.5 Å². The van der Waals surface area contributed by atoms with Crippen LogP contribution in [0.1, 0.15) is 26.7 Å². The quantitative estimate of drug-likeness (QED) is 0.897. The molecule has 1 N–H and O–H groups in total. The fourth-order valence-corrected chi connectivity index (χ4v) is 2.83. The highest BCUT2D eigenvalue weighted by molar-refractivity contribution is 9.10. The van der Waals surface area contributed by atoms with Gasteiger partial charge >= 0.3 is 0 Å². The molecular weight excluding hydrogens is 308 g/mol. The Morgan fingerprint density at radius 3 is 2.79 bits per heavy atom. The topological polar surface area (TPSA) is 50.2 Å². The van der Waals surface area contributed by atoms with Gasteiger partial charge in [-0.1, -0.05) is 0 Å². The van der Waals surface area contributed by atoms with Gasteiger partial charge in [-0.15, -0.1) is 0 Å². The number of aryl methyl sites for hydroxylation is 1. The zero-order valence-electron chi connectivity index (χ0n) is 11.5. The molecule has 0 aliphatic carbocycles. The summed E-state index contributed by atoms with van der Waals surface area (Å²) in [5.74, 6) is 0. The number of hydrogen-bond acceptors (Lipinski definition) is 4. The Bertz CT molecular complexity index is 482. The van der Waals surface area contributed by atoms with E-state index in [4.69, 9.17) is 0 Å². The van der Waals surface area contributed by atoms with Gasteiger partial charge < -0.3 is 5.32 Å². The maximum absolute atomic E-state index is 11.9. The molecule has 2 heterocycles. The van der Waals surface area contributed by atoms with Crippen molar-refractivity contribution in [3.63, 3.8) is 0 Å². The van der Waals surface area contributed by atoms with Gasteiger partial charge in [-0.2, -0.15) is 5.10 Å². The number of anilines is 1. The van der Waals surface area contributed by atoms with Gasteiger partial charge in [0.25, 0.3) is 5.56 Å². The van der Waals surface area contributed by atoms with Gasteiger partial charge in [0.15, 0.2) is 0 Å². The van der Waals surface area contributed by atoms with Gasteiger partial charge in [-0.05, 0) is 55.7 Å². The summed E-state index contributed by atoms with van der Waals surface area (Å²) in [6.07, 6.45) is 4.30. The minimum absolute atomic E-state index is 0.0821. The van der Waals surface area contributed by atoms with E-state index in [0.29, 0.717) is 17.1 Å². The molecule has 1 aromatic rings. The lowest BCUT2D eigenvalue weighted by Gasteiger charge is -2.24. The van der Waals surface area contributed by atoms with E-state index in [2.05, 4.69) is 38.2 Å². The zero-order valence-corrected chi connectivity index (χ0v) is 13.1. The number of halogens is 1. The van der Waals surface area contributed by atoms with Crippen molar-refractivity contribution in [2.24, 2.45) is 0 Å². The summed E-state index contributed by atoms with van der Waals surface area (Å²) >= 11 is 3.36. The van der Waals surface area contributed by atoms with Crippen molar-refractivity contribution < 1.29 is 0 Å². The van der Waals surface area contributed by atoms with E-state index in [1.165, 1.54) is 30.6 Å². The monoisotopic (exact) mass is 328 g/mol. The standard InChI is InChI=1S/C13H21BrN4O/c1-3-18-13(19)12(14)11(9-16-18)15-8-10(2)17-6-4-5-7-17/h9-10,15H,3-8H2,1-2H3. The second kappa shape index (κ2) is 6.52. The van der Waals surface area contributed by atoms with Gasteiger partial charge in [-0.3, -0.25) is 9.69 Å². The second-order valence-corrected chi connectivity index (χ2v) is 5.76. The third kappa shape index (κ3) is 3.36. The highest BCUT2D eigenvalue weighted by atomic mass is 79.9. The largest absolute Gasteiger partial charge is 0.381 e. The van der Waals surface area contributed by atoms with Crippen LogP contribution in [0, 0.1) is 0 Å². The molecule has 1 atom stereocenters. The van der Waals surface area contributed by atoms with Crippen molar-refractivity contribution in [3.05, 3.63) is 21.0 Å². The van der Waals surface area contributed by atoms with Gasteiger partial charge in [0.05, 0.1) is 11.9 Å². The Morgan fingerprint density at radius 2 is 2.16 bits per heavy atom. The first-order valence-electron chi connectivity index (χ1n) is 6.87. The molecule has 0 bridgehead atoms. The molecule has 0 amide bonds. The van der Waals surface area contributed by atoms with Crippen LogP contribution >= 0.6 is 15.9 Å². The van der Waals surface area contributed by atoms with Crippen LogP contribution in [0.3, 0.4) is 0 Å². The molecule has 0 spiro atoms. The number of nitrogens with zero attached hydrogens (tertiary/aromatic N) is 3. The minimum atomic E-state index is -0.0821. The first kappa shape index (κ1) is 14.5. The van der Waals surface area contributed by atoms with Crippen LogP contribution in [0.25, 0.3) is 0 Å². The molecule has 0 radical (unpaired) electrons. The molecule has 6 heteroatoms. The molecule has 1 fully saturated rings. The van der Waals surface area contributed by atoms with Crippen LogP contribution in [0.2, 0.25) is 0 Å². The number of aromatic nitrogens is 2. The number of nitrogens with one attached hydrogen (secondary N) is 1. The van der Waals surface area contributed by atoms with Crippen LogP contribution in [0.4, 0.5) is 5.69 Å². The zero-order chi connectivity index (χ0) is 13.8. The van der Waals surface area contributed by atoms with Crippen molar-refractivity contribution in [3.8, 4) is 0 Å². The number of hydrogen-bond donors (Lipinski definition) is 1. The fourth-order valence-electron chi connectivity index (χ4n) is 2.38. The minimum Gasteiger partial charge on any atom is -0.381 e. The van der Waals surface area contributed by atoms with Gasteiger partial charge in [0, 0.05) is 19.1 Å². The molecular formula is C13H21BrN4O. The van der Waals surface area contributed by atoms with E-state index in [9.17, 15) is 4.79 Å². The summed E-state index contributed by atoms with van der Waals surface area (Å²) < 4.78 is 2.01. The van der Waals surface area contributed by atoms with Crippen molar-refractivity contribution in [1.29, 1.82) is 0 Å². The van der Waals surface area contributed by atoms with Crippen molar-refractivity contribution >= 4 is 21.6 Å². The van der Waals surface area contributed by atoms with Gasteiger partial charge in [0.2, 0.25) is 0 Å². The number of likely N-dealkylation sites (tertiary alicyclic amines) is 1. The normalized spacial score (nSPS) is 17.6. The van der Waals surface area contributed by atoms with Gasteiger partial charge in [0.1, 0.15) is 4.47 Å². The fraction of sp³-hybridized carbons (Fsp3) is 0.692. The molecule has 1 aromatic heterocycles. The lowest BCUT2D eigenvalue weighted by Crippen LogP contribution is -2.36. The van der Waals surface area contributed by atoms with Crippen LogP contribution < -0.4 is 10.9 Å². The van der Waals surface area contributed by atoms with Crippen LogP contribution in [0.5, 0.6) is 0 Å².